The van der Waals surface area contributed by atoms with Crippen LogP contribution in [0, 0.1) is 10.3 Å². The molecule has 1 radical (unpaired) electrons. The lowest BCUT2D eigenvalue weighted by Crippen LogP contribution is -2.05. The second-order valence-corrected chi connectivity index (χ2v) is 4.12. The van der Waals surface area contributed by atoms with Crippen molar-refractivity contribution in [3.05, 3.63) is 4.43 Å². The molecule has 1 aliphatic carbocycles. The molecule has 0 atom stereocenters. The molecule has 0 unspecified atom stereocenters. The van der Waals surface area contributed by atoms with Crippen LogP contribution in [0.1, 0.15) is 44.9 Å². The van der Waals surface area contributed by atoms with Gasteiger partial charge in [-0.05, 0) is 18.8 Å². The largest absolute Gasteiger partial charge is 0.0815 e. The van der Waals surface area contributed by atoms with Crippen LogP contribution in [0.2, 0.25) is 0 Å². The van der Waals surface area contributed by atoms with Crippen LogP contribution in [-0.2, 0) is 0 Å². The molecule has 0 aromatic carbocycles. The average molecular weight is 251 g/mol. The minimum absolute atomic E-state index is 1.07. The van der Waals surface area contributed by atoms with Gasteiger partial charge in [0.25, 0.3) is 0 Å². The Labute approximate surface area is 77.9 Å². The molecule has 0 amide bonds. The molecule has 59 valence electrons. The van der Waals surface area contributed by atoms with Crippen LogP contribution < -0.4 is 0 Å². The van der Waals surface area contributed by atoms with E-state index in [0.717, 1.165) is 5.92 Å². The first-order valence-corrected chi connectivity index (χ1v) is 5.60. The molecule has 1 aliphatic rings. The van der Waals surface area contributed by atoms with Gasteiger partial charge < -0.3 is 0 Å². The van der Waals surface area contributed by atoms with E-state index >= 15 is 0 Å². The summed E-state index contributed by atoms with van der Waals surface area (Å²) in [5.74, 6) is 1.07. The number of rotatable bonds is 3. The number of hydrogen-bond acceptors (Lipinski definition) is 0. The quantitative estimate of drug-likeness (QED) is 0.666. The van der Waals surface area contributed by atoms with Gasteiger partial charge in [-0.1, -0.05) is 54.7 Å². The molecule has 0 saturated heterocycles. The maximum Gasteiger partial charge on any atom is 0.0228 e. The topological polar surface area (TPSA) is 0 Å². The molecular weight excluding hydrogens is 235 g/mol. The fourth-order valence-electron chi connectivity index (χ4n) is 1.77. The molecule has 0 nitrogen and oxygen atoms in total. The lowest BCUT2D eigenvalue weighted by molar-refractivity contribution is 0.340. The molecule has 10 heavy (non-hydrogen) atoms. The van der Waals surface area contributed by atoms with Gasteiger partial charge in [0, 0.05) is 4.43 Å². The van der Waals surface area contributed by atoms with E-state index in [-0.39, 0.29) is 0 Å². The highest BCUT2D eigenvalue weighted by molar-refractivity contribution is 14.1. The molecule has 0 N–H and O–H groups in total. The van der Waals surface area contributed by atoms with Gasteiger partial charge in [0.05, 0.1) is 0 Å². The zero-order valence-electron chi connectivity index (χ0n) is 6.48. The first kappa shape index (κ1) is 8.82. The third-order valence-corrected chi connectivity index (χ3v) is 3.03. The first-order chi connectivity index (χ1) is 4.93. The Hall–Kier alpha value is 0.730. The molecule has 0 spiro atoms. The van der Waals surface area contributed by atoms with Crippen LogP contribution in [-0.4, -0.2) is 0 Å². The summed E-state index contributed by atoms with van der Waals surface area (Å²) in [6, 6.07) is 0. The van der Waals surface area contributed by atoms with Crippen molar-refractivity contribution >= 4 is 22.6 Å². The highest BCUT2D eigenvalue weighted by Gasteiger charge is 2.11. The minimum atomic E-state index is 1.07. The molecule has 0 aromatic rings. The third-order valence-electron chi connectivity index (χ3n) is 2.41. The van der Waals surface area contributed by atoms with Gasteiger partial charge in [0.1, 0.15) is 0 Å². The van der Waals surface area contributed by atoms with E-state index in [4.69, 9.17) is 0 Å². The standard InChI is InChI=1S/C9H16I/c10-8-4-7-9-5-2-1-3-6-9/h8-9H,1-7H2. The van der Waals surface area contributed by atoms with Gasteiger partial charge in [0.15, 0.2) is 0 Å². The molecule has 0 bridgehead atoms. The SMILES string of the molecule is I[CH]CCC1CCCCC1. The van der Waals surface area contributed by atoms with E-state index in [1.165, 1.54) is 44.9 Å². The van der Waals surface area contributed by atoms with Crippen molar-refractivity contribution in [3.63, 3.8) is 0 Å². The normalized spacial score (nSPS) is 21.3. The Morgan fingerprint density at radius 1 is 1.20 bits per heavy atom. The molecule has 1 rings (SSSR count). The molecule has 1 saturated carbocycles. The third kappa shape index (κ3) is 3.22. The molecule has 0 aliphatic heterocycles. The second-order valence-electron chi connectivity index (χ2n) is 3.24. The first-order valence-electron chi connectivity index (χ1n) is 4.35. The number of hydrogen-bond donors (Lipinski definition) is 0. The van der Waals surface area contributed by atoms with Crippen LogP contribution in [0.3, 0.4) is 0 Å². The van der Waals surface area contributed by atoms with E-state index in [2.05, 4.69) is 27.0 Å². The minimum Gasteiger partial charge on any atom is -0.0815 e. The Bertz CT molecular complexity index is 74.8. The lowest BCUT2D eigenvalue weighted by atomic mass is 9.86. The molecular formula is C9H16I. The monoisotopic (exact) mass is 251 g/mol. The van der Waals surface area contributed by atoms with Gasteiger partial charge in [0.2, 0.25) is 0 Å². The lowest BCUT2D eigenvalue weighted by Gasteiger charge is -2.20. The van der Waals surface area contributed by atoms with Crippen LogP contribution in [0.15, 0.2) is 0 Å². The molecule has 1 heteroatoms. The van der Waals surface area contributed by atoms with Crippen molar-refractivity contribution < 1.29 is 0 Å². The van der Waals surface area contributed by atoms with E-state index in [9.17, 15) is 0 Å². The zero-order valence-corrected chi connectivity index (χ0v) is 8.64. The summed E-state index contributed by atoms with van der Waals surface area (Å²) in [6.07, 6.45) is 10.3. The predicted molar refractivity (Wildman–Crippen MR) is 54.1 cm³/mol. The molecule has 1 fully saturated rings. The maximum absolute atomic E-state index is 2.36. The van der Waals surface area contributed by atoms with Gasteiger partial charge >= 0.3 is 0 Å². The smallest absolute Gasteiger partial charge is 0.0228 e. The highest BCUT2D eigenvalue weighted by Crippen LogP contribution is 2.27. The van der Waals surface area contributed by atoms with Crippen molar-refractivity contribution in [3.8, 4) is 0 Å². The van der Waals surface area contributed by atoms with Gasteiger partial charge in [-0.2, -0.15) is 0 Å². The van der Waals surface area contributed by atoms with Crippen molar-refractivity contribution in [1.82, 2.24) is 0 Å². The van der Waals surface area contributed by atoms with Crippen molar-refractivity contribution in [2.75, 3.05) is 0 Å². The summed E-state index contributed by atoms with van der Waals surface area (Å²) in [6.45, 7) is 0. The summed E-state index contributed by atoms with van der Waals surface area (Å²) < 4.78 is 2.27. The van der Waals surface area contributed by atoms with Crippen LogP contribution >= 0.6 is 22.6 Å². The Morgan fingerprint density at radius 3 is 2.50 bits per heavy atom. The maximum atomic E-state index is 2.36. The Kier molecular flexibility index (Phi) is 4.76. The summed E-state index contributed by atoms with van der Waals surface area (Å²) in [4.78, 5) is 0. The summed E-state index contributed by atoms with van der Waals surface area (Å²) in [5, 5.41) is 0. The van der Waals surface area contributed by atoms with Crippen LogP contribution in [0.25, 0.3) is 0 Å². The average Bonchev–Trinajstić information content (AvgIpc) is 2.03. The predicted octanol–water partition coefficient (Wildman–Crippen LogP) is 3.94. The Balaban J connectivity index is 2.02. The van der Waals surface area contributed by atoms with Gasteiger partial charge in [-0.3, -0.25) is 0 Å². The zero-order chi connectivity index (χ0) is 7.23. The van der Waals surface area contributed by atoms with Crippen molar-refractivity contribution in [1.29, 1.82) is 0 Å². The summed E-state index contributed by atoms with van der Waals surface area (Å²) >= 11 is 2.36. The van der Waals surface area contributed by atoms with Gasteiger partial charge in [-0.15, -0.1) is 0 Å². The molecule has 0 heterocycles. The fraction of sp³-hybridized carbons (Fsp3) is 0.889. The van der Waals surface area contributed by atoms with Gasteiger partial charge in [-0.25, -0.2) is 0 Å². The van der Waals surface area contributed by atoms with Crippen molar-refractivity contribution in [2.45, 2.75) is 44.9 Å². The fourth-order valence-corrected chi connectivity index (χ4v) is 2.13. The van der Waals surface area contributed by atoms with E-state index in [0.29, 0.717) is 0 Å². The summed E-state index contributed by atoms with van der Waals surface area (Å²) in [7, 11) is 0. The highest BCUT2D eigenvalue weighted by atomic mass is 127. The second kappa shape index (κ2) is 5.39. The molecule has 0 aromatic heterocycles. The van der Waals surface area contributed by atoms with E-state index in [1.807, 2.05) is 0 Å². The Morgan fingerprint density at radius 2 is 1.90 bits per heavy atom. The van der Waals surface area contributed by atoms with Crippen molar-refractivity contribution in [2.24, 2.45) is 5.92 Å². The van der Waals surface area contributed by atoms with Crippen LogP contribution in [0.5, 0.6) is 0 Å². The number of halogens is 1. The summed E-state index contributed by atoms with van der Waals surface area (Å²) in [5.41, 5.74) is 0. The van der Waals surface area contributed by atoms with E-state index < -0.39 is 0 Å². The van der Waals surface area contributed by atoms with Crippen LogP contribution in [0.4, 0.5) is 0 Å². The van der Waals surface area contributed by atoms with E-state index in [1.54, 1.807) is 0 Å².